The molecular formula is C13H16F2N2O2. The Morgan fingerprint density at radius 1 is 1.21 bits per heavy atom. The summed E-state index contributed by atoms with van der Waals surface area (Å²) in [4.78, 5) is 14.9. The van der Waals surface area contributed by atoms with Gasteiger partial charge in [0.2, 0.25) is 5.91 Å². The third-order valence-corrected chi connectivity index (χ3v) is 3.30. The SMILES string of the molecule is CC(=O)N1CCN(Cc2cc(F)c(O)c(F)c2)CC1. The molecule has 1 amide bonds. The molecule has 19 heavy (non-hydrogen) atoms. The molecule has 6 heteroatoms. The fourth-order valence-corrected chi connectivity index (χ4v) is 2.19. The van der Waals surface area contributed by atoms with E-state index < -0.39 is 17.4 Å². The maximum Gasteiger partial charge on any atom is 0.219 e. The molecule has 0 aromatic heterocycles. The van der Waals surface area contributed by atoms with E-state index in [0.717, 1.165) is 12.1 Å². The van der Waals surface area contributed by atoms with Crippen LogP contribution in [0, 0.1) is 11.6 Å². The molecule has 1 aromatic rings. The van der Waals surface area contributed by atoms with Gasteiger partial charge in [0, 0.05) is 39.6 Å². The third kappa shape index (κ3) is 3.20. The molecule has 1 saturated heterocycles. The van der Waals surface area contributed by atoms with E-state index in [4.69, 9.17) is 5.11 Å². The number of amides is 1. The fraction of sp³-hybridized carbons (Fsp3) is 0.462. The Labute approximate surface area is 110 Å². The summed E-state index contributed by atoms with van der Waals surface area (Å²) in [6, 6.07) is 2.27. The van der Waals surface area contributed by atoms with Crippen LogP contribution in [0.4, 0.5) is 8.78 Å². The van der Waals surface area contributed by atoms with Gasteiger partial charge in [-0.1, -0.05) is 0 Å². The summed E-state index contributed by atoms with van der Waals surface area (Å²) in [5, 5.41) is 9.02. The summed E-state index contributed by atoms with van der Waals surface area (Å²) in [7, 11) is 0. The number of halogens is 2. The third-order valence-electron chi connectivity index (χ3n) is 3.30. The largest absolute Gasteiger partial charge is 0.503 e. The van der Waals surface area contributed by atoms with Gasteiger partial charge < -0.3 is 10.0 Å². The van der Waals surface area contributed by atoms with Crippen molar-refractivity contribution in [2.45, 2.75) is 13.5 Å². The second-order valence-electron chi connectivity index (χ2n) is 4.69. The van der Waals surface area contributed by atoms with Crippen molar-refractivity contribution in [1.82, 2.24) is 9.80 Å². The Balaban J connectivity index is 1.98. The minimum atomic E-state index is -0.947. The minimum absolute atomic E-state index is 0.0429. The second-order valence-corrected chi connectivity index (χ2v) is 4.69. The van der Waals surface area contributed by atoms with Crippen molar-refractivity contribution >= 4 is 5.91 Å². The number of hydrogen-bond acceptors (Lipinski definition) is 3. The van der Waals surface area contributed by atoms with Crippen molar-refractivity contribution in [2.24, 2.45) is 0 Å². The summed E-state index contributed by atoms with van der Waals surface area (Å²) in [5.74, 6) is -2.79. The average Bonchev–Trinajstić information content (AvgIpc) is 2.36. The zero-order valence-electron chi connectivity index (χ0n) is 10.7. The standard InChI is InChI=1S/C13H16F2N2O2/c1-9(18)17-4-2-16(3-5-17)8-10-6-11(14)13(19)12(15)7-10/h6-7,19H,2-5,8H2,1H3. The number of phenolic OH excluding ortho intramolecular Hbond substituents is 1. The van der Waals surface area contributed by atoms with E-state index in [0.29, 0.717) is 38.3 Å². The normalized spacial score (nSPS) is 16.7. The Morgan fingerprint density at radius 2 is 1.74 bits per heavy atom. The zero-order chi connectivity index (χ0) is 14.0. The number of benzene rings is 1. The lowest BCUT2D eigenvalue weighted by molar-refractivity contribution is -0.130. The zero-order valence-corrected chi connectivity index (χ0v) is 10.7. The van der Waals surface area contributed by atoms with E-state index in [2.05, 4.69) is 0 Å². The number of hydrogen-bond donors (Lipinski definition) is 1. The highest BCUT2D eigenvalue weighted by Crippen LogP contribution is 2.22. The first-order valence-corrected chi connectivity index (χ1v) is 6.12. The van der Waals surface area contributed by atoms with Crippen LogP contribution in [0.25, 0.3) is 0 Å². The van der Waals surface area contributed by atoms with Crippen LogP contribution in [0.3, 0.4) is 0 Å². The van der Waals surface area contributed by atoms with Gasteiger partial charge in [-0.05, 0) is 17.7 Å². The quantitative estimate of drug-likeness (QED) is 0.882. The molecule has 4 nitrogen and oxygen atoms in total. The van der Waals surface area contributed by atoms with Crippen molar-refractivity contribution in [3.8, 4) is 5.75 Å². The predicted octanol–water partition coefficient (Wildman–Crippen LogP) is 1.33. The summed E-state index contributed by atoms with van der Waals surface area (Å²) in [5.41, 5.74) is 0.476. The minimum Gasteiger partial charge on any atom is -0.503 e. The first-order chi connectivity index (χ1) is 8.97. The molecule has 0 aliphatic carbocycles. The molecule has 0 bridgehead atoms. The number of rotatable bonds is 2. The highest BCUT2D eigenvalue weighted by Gasteiger charge is 2.19. The van der Waals surface area contributed by atoms with Crippen LogP contribution in [-0.2, 0) is 11.3 Å². The van der Waals surface area contributed by atoms with Gasteiger partial charge >= 0.3 is 0 Å². The number of phenols is 1. The van der Waals surface area contributed by atoms with Gasteiger partial charge in [-0.15, -0.1) is 0 Å². The Morgan fingerprint density at radius 3 is 2.21 bits per heavy atom. The topological polar surface area (TPSA) is 43.8 Å². The van der Waals surface area contributed by atoms with Crippen LogP contribution in [0.2, 0.25) is 0 Å². The van der Waals surface area contributed by atoms with Crippen LogP contribution < -0.4 is 0 Å². The first kappa shape index (κ1) is 13.7. The van der Waals surface area contributed by atoms with Crippen molar-refractivity contribution in [1.29, 1.82) is 0 Å². The predicted molar refractivity (Wildman–Crippen MR) is 65.6 cm³/mol. The van der Waals surface area contributed by atoms with Gasteiger partial charge in [0.15, 0.2) is 17.4 Å². The molecule has 1 aliphatic rings. The Hall–Kier alpha value is -1.69. The van der Waals surface area contributed by atoms with Crippen LogP contribution in [-0.4, -0.2) is 47.0 Å². The van der Waals surface area contributed by atoms with E-state index in [1.54, 1.807) is 4.90 Å². The van der Waals surface area contributed by atoms with Gasteiger partial charge in [0.25, 0.3) is 0 Å². The van der Waals surface area contributed by atoms with Crippen molar-refractivity contribution in [2.75, 3.05) is 26.2 Å². The summed E-state index contributed by atoms with van der Waals surface area (Å²) < 4.78 is 26.4. The van der Waals surface area contributed by atoms with E-state index >= 15 is 0 Å². The van der Waals surface area contributed by atoms with Crippen molar-refractivity contribution < 1.29 is 18.7 Å². The molecular weight excluding hydrogens is 254 g/mol. The lowest BCUT2D eigenvalue weighted by Crippen LogP contribution is -2.47. The number of aromatic hydroxyl groups is 1. The van der Waals surface area contributed by atoms with Crippen LogP contribution in [0.5, 0.6) is 5.75 Å². The van der Waals surface area contributed by atoms with E-state index in [9.17, 15) is 13.6 Å². The molecule has 0 atom stereocenters. The molecule has 0 spiro atoms. The summed E-state index contributed by atoms with van der Waals surface area (Å²) in [6.45, 7) is 4.52. The van der Waals surface area contributed by atoms with Crippen molar-refractivity contribution in [3.63, 3.8) is 0 Å². The van der Waals surface area contributed by atoms with Gasteiger partial charge in [0.05, 0.1) is 0 Å². The lowest BCUT2D eigenvalue weighted by Gasteiger charge is -2.34. The maximum absolute atomic E-state index is 13.2. The molecule has 104 valence electrons. The van der Waals surface area contributed by atoms with Gasteiger partial charge in [-0.25, -0.2) is 8.78 Å². The van der Waals surface area contributed by atoms with E-state index in [-0.39, 0.29) is 5.91 Å². The molecule has 1 N–H and O–H groups in total. The lowest BCUT2D eigenvalue weighted by atomic mass is 10.1. The molecule has 0 saturated carbocycles. The first-order valence-electron chi connectivity index (χ1n) is 6.12. The van der Waals surface area contributed by atoms with Crippen molar-refractivity contribution in [3.05, 3.63) is 29.3 Å². The second kappa shape index (κ2) is 5.52. The molecule has 1 aromatic carbocycles. The van der Waals surface area contributed by atoms with E-state index in [1.165, 1.54) is 6.92 Å². The Kier molecular flexibility index (Phi) is 3.99. The molecule has 1 heterocycles. The fourth-order valence-electron chi connectivity index (χ4n) is 2.19. The Bertz CT molecular complexity index is 463. The maximum atomic E-state index is 13.2. The molecule has 2 rings (SSSR count). The number of piperazine rings is 1. The molecule has 0 unspecified atom stereocenters. The molecule has 0 radical (unpaired) electrons. The van der Waals surface area contributed by atoms with Gasteiger partial charge in [0.1, 0.15) is 0 Å². The number of carbonyl (C=O) groups is 1. The van der Waals surface area contributed by atoms with Crippen LogP contribution in [0.15, 0.2) is 12.1 Å². The van der Waals surface area contributed by atoms with Crippen LogP contribution >= 0.6 is 0 Å². The number of nitrogens with zero attached hydrogens (tertiary/aromatic N) is 2. The number of carbonyl (C=O) groups excluding carboxylic acids is 1. The van der Waals surface area contributed by atoms with E-state index in [1.807, 2.05) is 4.90 Å². The van der Waals surface area contributed by atoms with Gasteiger partial charge in [-0.2, -0.15) is 0 Å². The summed E-state index contributed by atoms with van der Waals surface area (Å²) in [6.07, 6.45) is 0. The highest BCUT2D eigenvalue weighted by atomic mass is 19.1. The average molecular weight is 270 g/mol. The summed E-state index contributed by atoms with van der Waals surface area (Å²) >= 11 is 0. The molecule has 1 fully saturated rings. The smallest absolute Gasteiger partial charge is 0.219 e. The van der Waals surface area contributed by atoms with Crippen LogP contribution in [0.1, 0.15) is 12.5 Å². The highest BCUT2D eigenvalue weighted by molar-refractivity contribution is 5.73. The van der Waals surface area contributed by atoms with Gasteiger partial charge in [-0.3, -0.25) is 9.69 Å². The monoisotopic (exact) mass is 270 g/mol. The molecule has 1 aliphatic heterocycles.